The molecular weight excluding hydrogens is 232 g/mol. The molecule has 2 N–H and O–H groups in total. The lowest BCUT2D eigenvalue weighted by molar-refractivity contribution is -0.141. The Bertz CT molecular complexity index is 511. The molecule has 1 heterocycles. The van der Waals surface area contributed by atoms with E-state index < -0.39 is 11.8 Å². The van der Waals surface area contributed by atoms with Gasteiger partial charge in [-0.1, -0.05) is 6.07 Å². The Kier molecular flexibility index (Phi) is 3.23. The van der Waals surface area contributed by atoms with Gasteiger partial charge in [0.05, 0.1) is 13.2 Å². The molecule has 5 heteroatoms. The van der Waals surface area contributed by atoms with Gasteiger partial charge in [-0.15, -0.1) is 0 Å². The monoisotopic (exact) mass is 248 g/mol. The van der Waals surface area contributed by atoms with E-state index in [0.717, 1.165) is 22.4 Å². The van der Waals surface area contributed by atoms with E-state index in [4.69, 9.17) is 4.74 Å². The Balaban J connectivity index is 2.31. The predicted molar refractivity (Wildman–Crippen MR) is 66.4 cm³/mol. The quantitative estimate of drug-likeness (QED) is 0.753. The van der Waals surface area contributed by atoms with E-state index in [-0.39, 0.29) is 6.04 Å². The summed E-state index contributed by atoms with van der Waals surface area (Å²) >= 11 is 0. The fourth-order valence-electron chi connectivity index (χ4n) is 2.14. The third-order valence-corrected chi connectivity index (χ3v) is 3.14. The highest BCUT2D eigenvalue weighted by Gasteiger charge is 2.27. The summed E-state index contributed by atoms with van der Waals surface area (Å²) in [7, 11) is 1.63. The summed E-state index contributed by atoms with van der Waals surface area (Å²) < 4.78 is 5.25. The summed E-state index contributed by atoms with van der Waals surface area (Å²) in [5.41, 5.74) is 3.03. The van der Waals surface area contributed by atoms with Crippen molar-refractivity contribution in [3.8, 4) is 5.75 Å². The first-order valence-corrected chi connectivity index (χ1v) is 5.76. The van der Waals surface area contributed by atoms with Crippen molar-refractivity contribution in [2.45, 2.75) is 19.9 Å². The first-order chi connectivity index (χ1) is 8.52. The first-order valence-electron chi connectivity index (χ1n) is 5.76. The van der Waals surface area contributed by atoms with Crippen molar-refractivity contribution >= 4 is 11.8 Å². The molecule has 0 bridgehead atoms. The van der Waals surface area contributed by atoms with Gasteiger partial charge in [0.15, 0.2) is 0 Å². The summed E-state index contributed by atoms with van der Waals surface area (Å²) in [6.45, 7) is 4.32. The van der Waals surface area contributed by atoms with Crippen LogP contribution in [0.4, 0.5) is 0 Å². The Labute approximate surface area is 106 Å². The van der Waals surface area contributed by atoms with Crippen molar-refractivity contribution in [1.29, 1.82) is 0 Å². The van der Waals surface area contributed by atoms with E-state index in [2.05, 4.69) is 10.6 Å². The first kappa shape index (κ1) is 12.4. The average molecular weight is 248 g/mol. The molecule has 2 amide bonds. The molecule has 2 rings (SSSR count). The SMILES string of the molecule is COc1cc(C)c(C2CNC(=O)C(=O)N2)cc1C. The van der Waals surface area contributed by atoms with Crippen molar-refractivity contribution in [2.75, 3.05) is 13.7 Å². The third-order valence-electron chi connectivity index (χ3n) is 3.14. The van der Waals surface area contributed by atoms with Gasteiger partial charge in [0.2, 0.25) is 0 Å². The molecule has 18 heavy (non-hydrogen) atoms. The number of rotatable bonds is 2. The molecule has 96 valence electrons. The van der Waals surface area contributed by atoms with Crippen molar-refractivity contribution in [3.63, 3.8) is 0 Å². The van der Waals surface area contributed by atoms with Gasteiger partial charge in [0, 0.05) is 6.54 Å². The minimum Gasteiger partial charge on any atom is -0.496 e. The number of carbonyl (C=O) groups excluding carboxylic acids is 2. The molecule has 1 unspecified atom stereocenters. The molecule has 1 fully saturated rings. The standard InChI is InChI=1S/C13H16N2O3/c1-7-5-11(18-3)8(2)4-9(7)10-6-14-12(16)13(17)15-10/h4-5,10H,6H2,1-3H3,(H,14,16)(H,15,17). The molecule has 0 spiro atoms. The molecule has 1 aromatic carbocycles. The van der Waals surface area contributed by atoms with Crippen LogP contribution in [0.3, 0.4) is 0 Å². The van der Waals surface area contributed by atoms with Crippen LogP contribution < -0.4 is 15.4 Å². The largest absolute Gasteiger partial charge is 0.496 e. The van der Waals surface area contributed by atoms with E-state index in [1.807, 2.05) is 26.0 Å². The van der Waals surface area contributed by atoms with Gasteiger partial charge in [-0.2, -0.15) is 0 Å². The lowest BCUT2D eigenvalue weighted by Crippen LogP contribution is -2.51. The van der Waals surface area contributed by atoms with Gasteiger partial charge < -0.3 is 15.4 Å². The lowest BCUT2D eigenvalue weighted by atomic mass is 9.97. The number of aryl methyl sites for hydroxylation is 2. The van der Waals surface area contributed by atoms with Gasteiger partial charge >= 0.3 is 11.8 Å². The number of hydrogen-bond donors (Lipinski definition) is 2. The van der Waals surface area contributed by atoms with Gasteiger partial charge in [0.1, 0.15) is 5.75 Å². The lowest BCUT2D eigenvalue weighted by Gasteiger charge is -2.26. The number of carbonyl (C=O) groups is 2. The van der Waals surface area contributed by atoms with Gasteiger partial charge in [-0.05, 0) is 36.6 Å². The number of nitrogens with one attached hydrogen (secondary N) is 2. The van der Waals surface area contributed by atoms with E-state index in [0.29, 0.717) is 6.54 Å². The van der Waals surface area contributed by atoms with Crippen LogP contribution in [0.15, 0.2) is 12.1 Å². The minimum absolute atomic E-state index is 0.181. The number of benzene rings is 1. The van der Waals surface area contributed by atoms with Gasteiger partial charge in [-0.3, -0.25) is 9.59 Å². The molecule has 0 aliphatic carbocycles. The molecule has 1 atom stereocenters. The summed E-state index contributed by atoms with van der Waals surface area (Å²) in [4.78, 5) is 22.4. The summed E-state index contributed by atoms with van der Waals surface area (Å²) in [6, 6.07) is 3.74. The molecular formula is C13H16N2O3. The Morgan fingerprint density at radius 2 is 1.89 bits per heavy atom. The van der Waals surface area contributed by atoms with Crippen LogP contribution in [0.5, 0.6) is 5.75 Å². The normalized spacial score (nSPS) is 19.2. The topological polar surface area (TPSA) is 67.4 Å². The Morgan fingerprint density at radius 3 is 2.50 bits per heavy atom. The second-order valence-corrected chi connectivity index (χ2v) is 4.41. The molecule has 1 aliphatic rings. The summed E-state index contributed by atoms with van der Waals surface area (Å²) in [5.74, 6) is -0.337. The maximum absolute atomic E-state index is 11.3. The van der Waals surface area contributed by atoms with Gasteiger partial charge in [-0.25, -0.2) is 0 Å². The highest BCUT2D eigenvalue weighted by molar-refractivity contribution is 6.35. The Morgan fingerprint density at radius 1 is 1.17 bits per heavy atom. The number of piperazine rings is 1. The molecule has 0 radical (unpaired) electrons. The van der Waals surface area contributed by atoms with Gasteiger partial charge in [0.25, 0.3) is 0 Å². The van der Waals surface area contributed by atoms with Crippen LogP contribution >= 0.6 is 0 Å². The van der Waals surface area contributed by atoms with Crippen LogP contribution in [-0.2, 0) is 9.59 Å². The van der Waals surface area contributed by atoms with E-state index in [9.17, 15) is 9.59 Å². The Hall–Kier alpha value is -2.04. The maximum atomic E-state index is 11.3. The van der Waals surface area contributed by atoms with Crippen LogP contribution in [0.2, 0.25) is 0 Å². The molecule has 0 aromatic heterocycles. The van der Waals surface area contributed by atoms with E-state index >= 15 is 0 Å². The molecule has 1 aromatic rings. The maximum Gasteiger partial charge on any atom is 0.309 e. The van der Waals surface area contributed by atoms with Crippen LogP contribution in [0.25, 0.3) is 0 Å². The second-order valence-electron chi connectivity index (χ2n) is 4.41. The molecule has 0 saturated carbocycles. The highest BCUT2D eigenvalue weighted by Crippen LogP contribution is 2.27. The zero-order valence-corrected chi connectivity index (χ0v) is 10.7. The minimum atomic E-state index is -0.584. The number of amides is 2. The average Bonchev–Trinajstić information content (AvgIpc) is 2.35. The molecule has 1 saturated heterocycles. The molecule has 1 aliphatic heterocycles. The van der Waals surface area contributed by atoms with Crippen LogP contribution in [-0.4, -0.2) is 25.5 Å². The second kappa shape index (κ2) is 4.68. The molecule has 5 nitrogen and oxygen atoms in total. The van der Waals surface area contributed by atoms with Crippen LogP contribution in [0.1, 0.15) is 22.7 Å². The highest BCUT2D eigenvalue weighted by atomic mass is 16.5. The van der Waals surface area contributed by atoms with Crippen LogP contribution in [0, 0.1) is 13.8 Å². The summed E-state index contributed by atoms with van der Waals surface area (Å²) in [5, 5.41) is 5.27. The smallest absolute Gasteiger partial charge is 0.309 e. The fraction of sp³-hybridized carbons (Fsp3) is 0.385. The van der Waals surface area contributed by atoms with Crippen molar-refractivity contribution in [2.24, 2.45) is 0 Å². The van der Waals surface area contributed by atoms with E-state index in [1.54, 1.807) is 7.11 Å². The van der Waals surface area contributed by atoms with Crippen molar-refractivity contribution in [1.82, 2.24) is 10.6 Å². The van der Waals surface area contributed by atoms with Crippen molar-refractivity contribution < 1.29 is 14.3 Å². The number of hydrogen-bond acceptors (Lipinski definition) is 3. The predicted octanol–water partition coefficient (Wildman–Crippen LogP) is 0.599. The zero-order valence-electron chi connectivity index (χ0n) is 10.7. The summed E-state index contributed by atoms with van der Waals surface area (Å²) in [6.07, 6.45) is 0. The van der Waals surface area contributed by atoms with Crippen molar-refractivity contribution in [3.05, 3.63) is 28.8 Å². The van der Waals surface area contributed by atoms with E-state index in [1.165, 1.54) is 0 Å². The zero-order chi connectivity index (χ0) is 13.3. The number of ether oxygens (including phenoxy) is 1. The number of methoxy groups -OCH3 is 1. The fourth-order valence-corrected chi connectivity index (χ4v) is 2.14. The third kappa shape index (κ3) is 2.16.